The molecule has 2 N–H and O–H groups in total. The first-order valence-electron chi connectivity index (χ1n) is 6.11. The molecule has 0 spiro atoms. The Balaban J connectivity index is 2.83. The Labute approximate surface area is 104 Å². The largest absolute Gasteiger partial charge is 0.368 e. The van der Waals surface area contributed by atoms with Crippen LogP contribution in [-0.2, 0) is 0 Å². The highest BCUT2D eigenvalue weighted by molar-refractivity contribution is 5.47. The normalized spacial score (nSPS) is 13.5. The molecule has 1 unspecified atom stereocenters. The minimum absolute atomic E-state index is 0.0158. The smallest absolute Gasteiger partial charge is 0.146 e. The second kappa shape index (κ2) is 5.50. The predicted octanol–water partition coefficient (Wildman–Crippen LogP) is 3.03. The molecule has 96 valence electrons. The monoisotopic (exact) mass is 238 g/mol. The molecule has 3 heteroatoms. The van der Waals surface area contributed by atoms with E-state index in [4.69, 9.17) is 5.73 Å². The summed E-state index contributed by atoms with van der Waals surface area (Å²) < 4.78 is 13.7. The highest BCUT2D eigenvalue weighted by Crippen LogP contribution is 2.23. The molecule has 0 radical (unpaired) electrons. The summed E-state index contributed by atoms with van der Waals surface area (Å²) in [4.78, 5) is 1.99. The summed E-state index contributed by atoms with van der Waals surface area (Å²) in [7, 11) is 0. The zero-order chi connectivity index (χ0) is 13.1. The fourth-order valence-corrected chi connectivity index (χ4v) is 1.62. The van der Waals surface area contributed by atoms with Gasteiger partial charge in [-0.05, 0) is 24.5 Å². The maximum atomic E-state index is 13.7. The highest BCUT2D eigenvalue weighted by Gasteiger charge is 2.23. The van der Waals surface area contributed by atoms with Crippen molar-refractivity contribution in [1.29, 1.82) is 0 Å². The van der Waals surface area contributed by atoms with Crippen molar-refractivity contribution < 1.29 is 4.39 Å². The summed E-state index contributed by atoms with van der Waals surface area (Å²) >= 11 is 0. The van der Waals surface area contributed by atoms with Gasteiger partial charge in [-0.3, -0.25) is 0 Å². The Morgan fingerprint density at radius 3 is 2.35 bits per heavy atom. The lowest BCUT2D eigenvalue weighted by Crippen LogP contribution is -2.45. The number of likely N-dealkylation sites (N-methyl/N-ethyl adjacent to an activating group) is 1. The molecule has 0 bridgehead atoms. The summed E-state index contributed by atoms with van der Waals surface area (Å²) in [6.45, 7) is 9.75. The average Bonchev–Trinajstić information content (AvgIpc) is 2.25. The second-order valence-corrected chi connectivity index (χ2v) is 5.46. The van der Waals surface area contributed by atoms with Crippen LogP contribution in [0.3, 0.4) is 0 Å². The van der Waals surface area contributed by atoms with E-state index < -0.39 is 0 Å². The van der Waals surface area contributed by atoms with Gasteiger partial charge in [0.1, 0.15) is 5.82 Å². The Morgan fingerprint density at radius 1 is 1.29 bits per heavy atom. The minimum Gasteiger partial charge on any atom is -0.368 e. The summed E-state index contributed by atoms with van der Waals surface area (Å²) in [6.07, 6.45) is 0. The van der Waals surface area contributed by atoms with Gasteiger partial charge in [-0.2, -0.15) is 0 Å². The zero-order valence-electron chi connectivity index (χ0n) is 11.2. The van der Waals surface area contributed by atoms with Crippen molar-refractivity contribution in [2.75, 3.05) is 18.0 Å². The van der Waals surface area contributed by atoms with E-state index >= 15 is 0 Å². The SMILES string of the molecule is CCN(CC(N)C(C)(C)C)c1ccccc1F. The van der Waals surface area contributed by atoms with Crippen LogP contribution in [0, 0.1) is 11.2 Å². The number of para-hydroxylation sites is 1. The average molecular weight is 238 g/mol. The summed E-state index contributed by atoms with van der Waals surface area (Å²) in [5, 5.41) is 0. The van der Waals surface area contributed by atoms with E-state index in [0.29, 0.717) is 12.2 Å². The van der Waals surface area contributed by atoms with E-state index in [2.05, 4.69) is 20.8 Å². The van der Waals surface area contributed by atoms with Crippen molar-refractivity contribution in [1.82, 2.24) is 0 Å². The van der Waals surface area contributed by atoms with Crippen molar-refractivity contribution in [2.45, 2.75) is 33.7 Å². The van der Waals surface area contributed by atoms with Gasteiger partial charge in [0.15, 0.2) is 0 Å². The first kappa shape index (κ1) is 14.0. The third-order valence-electron chi connectivity index (χ3n) is 3.10. The molecule has 0 saturated carbocycles. The van der Waals surface area contributed by atoms with Crippen LogP contribution in [0.1, 0.15) is 27.7 Å². The van der Waals surface area contributed by atoms with Crippen LogP contribution in [0.4, 0.5) is 10.1 Å². The molecule has 0 fully saturated rings. The number of nitrogens with two attached hydrogens (primary N) is 1. The van der Waals surface area contributed by atoms with Crippen LogP contribution in [-0.4, -0.2) is 19.1 Å². The molecule has 1 atom stereocenters. The molecule has 0 aliphatic rings. The van der Waals surface area contributed by atoms with Crippen LogP contribution in [0.2, 0.25) is 0 Å². The van der Waals surface area contributed by atoms with Gasteiger partial charge in [0.05, 0.1) is 5.69 Å². The maximum absolute atomic E-state index is 13.7. The molecule has 0 heterocycles. The minimum atomic E-state index is -0.185. The first-order chi connectivity index (χ1) is 7.86. The molecule has 0 saturated heterocycles. The standard InChI is InChI=1S/C14H23FN2/c1-5-17(10-13(16)14(2,3)4)12-9-7-6-8-11(12)15/h6-9,13H,5,10,16H2,1-4H3. The molecule has 0 aromatic heterocycles. The topological polar surface area (TPSA) is 29.3 Å². The molecule has 1 rings (SSSR count). The van der Waals surface area contributed by atoms with Gasteiger partial charge in [0.2, 0.25) is 0 Å². The molecule has 1 aromatic rings. The lowest BCUT2D eigenvalue weighted by Gasteiger charge is -2.33. The van der Waals surface area contributed by atoms with Crippen LogP contribution < -0.4 is 10.6 Å². The zero-order valence-corrected chi connectivity index (χ0v) is 11.2. The van der Waals surface area contributed by atoms with E-state index in [-0.39, 0.29) is 17.3 Å². The van der Waals surface area contributed by atoms with Crippen molar-refractivity contribution in [3.8, 4) is 0 Å². The van der Waals surface area contributed by atoms with Gasteiger partial charge in [0, 0.05) is 19.1 Å². The summed E-state index contributed by atoms with van der Waals surface area (Å²) in [5.41, 5.74) is 6.81. The molecule has 0 aliphatic heterocycles. The van der Waals surface area contributed by atoms with Crippen molar-refractivity contribution in [3.63, 3.8) is 0 Å². The quantitative estimate of drug-likeness (QED) is 0.873. The number of benzene rings is 1. The highest BCUT2D eigenvalue weighted by atomic mass is 19.1. The van der Waals surface area contributed by atoms with Gasteiger partial charge in [-0.25, -0.2) is 4.39 Å². The lowest BCUT2D eigenvalue weighted by molar-refractivity contribution is 0.321. The molecule has 17 heavy (non-hydrogen) atoms. The van der Waals surface area contributed by atoms with E-state index in [1.807, 2.05) is 17.9 Å². The first-order valence-corrected chi connectivity index (χ1v) is 6.11. The number of halogens is 1. The molecule has 0 aliphatic carbocycles. The van der Waals surface area contributed by atoms with Crippen LogP contribution >= 0.6 is 0 Å². The number of hydrogen-bond donors (Lipinski definition) is 1. The van der Waals surface area contributed by atoms with E-state index in [1.54, 1.807) is 12.1 Å². The molecule has 0 amide bonds. The number of anilines is 1. The Kier molecular flexibility index (Phi) is 4.52. The fraction of sp³-hybridized carbons (Fsp3) is 0.571. The van der Waals surface area contributed by atoms with Crippen LogP contribution in [0.5, 0.6) is 0 Å². The number of rotatable bonds is 4. The van der Waals surface area contributed by atoms with Crippen molar-refractivity contribution in [2.24, 2.45) is 11.1 Å². The molecule has 1 aromatic carbocycles. The van der Waals surface area contributed by atoms with Crippen molar-refractivity contribution in [3.05, 3.63) is 30.1 Å². The van der Waals surface area contributed by atoms with E-state index in [9.17, 15) is 4.39 Å². The van der Waals surface area contributed by atoms with E-state index in [1.165, 1.54) is 6.07 Å². The Hall–Kier alpha value is -1.09. The predicted molar refractivity (Wildman–Crippen MR) is 71.7 cm³/mol. The van der Waals surface area contributed by atoms with Gasteiger partial charge in [-0.1, -0.05) is 32.9 Å². The van der Waals surface area contributed by atoms with Crippen molar-refractivity contribution >= 4 is 5.69 Å². The molecular formula is C14H23FN2. The van der Waals surface area contributed by atoms with E-state index in [0.717, 1.165) is 6.54 Å². The molecule has 2 nitrogen and oxygen atoms in total. The van der Waals surface area contributed by atoms with Gasteiger partial charge < -0.3 is 10.6 Å². The summed E-state index contributed by atoms with van der Waals surface area (Å²) in [6, 6.07) is 6.86. The van der Waals surface area contributed by atoms with Gasteiger partial charge in [-0.15, -0.1) is 0 Å². The van der Waals surface area contributed by atoms with Crippen LogP contribution in [0.25, 0.3) is 0 Å². The lowest BCUT2D eigenvalue weighted by atomic mass is 9.87. The summed E-state index contributed by atoms with van der Waals surface area (Å²) in [5.74, 6) is -0.185. The maximum Gasteiger partial charge on any atom is 0.146 e. The van der Waals surface area contributed by atoms with Gasteiger partial charge >= 0.3 is 0 Å². The fourth-order valence-electron chi connectivity index (χ4n) is 1.62. The Morgan fingerprint density at radius 2 is 1.88 bits per heavy atom. The Bertz CT molecular complexity index is 357. The third-order valence-corrected chi connectivity index (χ3v) is 3.10. The van der Waals surface area contributed by atoms with Gasteiger partial charge in [0.25, 0.3) is 0 Å². The van der Waals surface area contributed by atoms with Crippen LogP contribution in [0.15, 0.2) is 24.3 Å². The second-order valence-electron chi connectivity index (χ2n) is 5.46. The number of hydrogen-bond acceptors (Lipinski definition) is 2. The number of nitrogens with zero attached hydrogens (tertiary/aromatic N) is 1. The molecular weight excluding hydrogens is 215 g/mol. The third kappa shape index (κ3) is 3.70.